The first-order valence-corrected chi connectivity index (χ1v) is 14.5. The Balaban J connectivity index is 1.30. The number of rotatable bonds is 7. The van der Waals surface area contributed by atoms with Crippen molar-refractivity contribution in [3.05, 3.63) is 71.9 Å². The van der Waals surface area contributed by atoms with E-state index in [9.17, 15) is 27.6 Å². The van der Waals surface area contributed by atoms with Gasteiger partial charge in [0.05, 0.1) is 18.2 Å². The lowest BCUT2D eigenvalue weighted by Crippen LogP contribution is -2.46. The van der Waals surface area contributed by atoms with E-state index in [1.54, 1.807) is 42.4 Å². The fraction of sp³-hybridized carbons (Fsp3) is 0.344. The monoisotopic (exact) mass is 621 g/mol. The molecule has 236 valence electrons. The Morgan fingerprint density at radius 1 is 1.00 bits per heavy atom. The van der Waals surface area contributed by atoms with Crippen LogP contribution in [0.4, 0.5) is 52.5 Å². The molecule has 45 heavy (non-hydrogen) atoms. The van der Waals surface area contributed by atoms with Gasteiger partial charge in [-0.2, -0.15) is 18.2 Å². The van der Waals surface area contributed by atoms with Gasteiger partial charge in [-0.1, -0.05) is 18.7 Å². The molecule has 13 heteroatoms. The van der Waals surface area contributed by atoms with Crippen molar-refractivity contribution in [1.82, 2.24) is 9.97 Å². The second-order valence-electron chi connectivity index (χ2n) is 11.4. The number of hydrogen-bond acceptors (Lipinski definition) is 6. The van der Waals surface area contributed by atoms with Crippen molar-refractivity contribution in [3.8, 4) is 0 Å². The average Bonchev–Trinajstić information content (AvgIpc) is 3.01. The van der Waals surface area contributed by atoms with Crippen molar-refractivity contribution < 1.29 is 27.6 Å². The Morgan fingerprint density at radius 2 is 1.69 bits per heavy atom. The molecule has 10 nitrogen and oxygen atoms in total. The van der Waals surface area contributed by atoms with Gasteiger partial charge >= 0.3 is 12.2 Å². The van der Waals surface area contributed by atoms with Crippen LogP contribution in [0.2, 0.25) is 0 Å². The van der Waals surface area contributed by atoms with Crippen LogP contribution < -0.4 is 25.8 Å². The molecule has 0 radical (unpaired) electrons. The van der Waals surface area contributed by atoms with Crippen molar-refractivity contribution in [2.75, 3.05) is 32.8 Å². The molecule has 0 unspecified atom stereocenters. The summed E-state index contributed by atoms with van der Waals surface area (Å²) in [4.78, 5) is 50.2. The van der Waals surface area contributed by atoms with E-state index in [1.807, 2.05) is 26.0 Å². The summed E-state index contributed by atoms with van der Waals surface area (Å²) in [7, 11) is 1.61. The zero-order chi connectivity index (χ0) is 32.5. The SMILES string of the molecule is C=CC(=O)Nc1cc(Nc2ncc3c(n2)N(C)C(=O)N(c2cc(NC(=O)C4CCC(C(F)(F)F)CC4)ccc2C)C3)ccc1C. The lowest BCUT2D eigenvalue weighted by Gasteiger charge is -2.35. The maximum absolute atomic E-state index is 13.6. The molecule has 1 fully saturated rings. The number of nitrogens with one attached hydrogen (secondary N) is 3. The van der Waals surface area contributed by atoms with Crippen LogP contribution in [-0.4, -0.2) is 41.0 Å². The molecule has 2 aromatic carbocycles. The molecule has 1 aromatic heterocycles. The van der Waals surface area contributed by atoms with Crippen molar-refractivity contribution in [2.24, 2.45) is 11.8 Å². The van der Waals surface area contributed by atoms with E-state index in [0.29, 0.717) is 34.1 Å². The second kappa shape index (κ2) is 12.6. The fourth-order valence-electron chi connectivity index (χ4n) is 5.61. The molecule has 0 spiro atoms. The number of benzene rings is 2. The van der Waals surface area contributed by atoms with E-state index in [-0.39, 0.29) is 56.0 Å². The van der Waals surface area contributed by atoms with Crippen LogP contribution in [-0.2, 0) is 16.1 Å². The first kappa shape index (κ1) is 31.5. The lowest BCUT2D eigenvalue weighted by atomic mass is 9.81. The lowest BCUT2D eigenvalue weighted by molar-refractivity contribution is -0.184. The number of aryl methyl sites for hydroxylation is 2. The summed E-state index contributed by atoms with van der Waals surface area (Å²) in [5.41, 5.74) is 4.62. The quantitative estimate of drug-likeness (QED) is 0.249. The van der Waals surface area contributed by atoms with E-state index in [0.717, 1.165) is 11.1 Å². The molecular weight excluding hydrogens is 587 g/mol. The number of carbonyl (C=O) groups is 3. The summed E-state index contributed by atoms with van der Waals surface area (Å²) >= 11 is 0. The number of hydrogen-bond donors (Lipinski definition) is 3. The minimum Gasteiger partial charge on any atom is -0.326 e. The van der Waals surface area contributed by atoms with Gasteiger partial charge < -0.3 is 16.0 Å². The molecule has 1 aliphatic carbocycles. The number of halogens is 3. The van der Waals surface area contributed by atoms with Gasteiger partial charge in [-0.05, 0) is 81.0 Å². The topological polar surface area (TPSA) is 120 Å². The summed E-state index contributed by atoms with van der Waals surface area (Å²) in [5.74, 6) is -1.83. The molecule has 3 N–H and O–H groups in total. The maximum atomic E-state index is 13.6. The molecule has 2 heterocycles. The zero-order valence-corrected chi connectivity index (χ0v) is 25.2. The van der Waals surface area contributed by atoms with Crippen LogP contribution in [0.3, 0.4) is 0 Å². The first-order valence-electron chi connectivity index (χ1n) is 14.5. The number of carbonyl (C=O) groups excluding carboxylic acids is 3. The van der Waals surface area contributed by atoms with E-state index in [1.165, 1.54) is 11.0 Å². The van der Waals surface area contributed by atoms with Gasteiger partial charge in [0.15, 0.2) is 0 Å². The predicted octanol–water partition coefficient (Wildman–Crippen LogP) is 6.85. The molecular formula is C32H34F3N7O3. The highest BCUT2D eigenvalue weighted by Gasteiger charge is 2.42. The van der Waals surface area contributed by atoms with Crippen LogP contribution in [0.5, 0.6) is 0 Å². The number of urea groups is 1. The molecule has 0 atom stereocenters. The number of aromatic nitrogens is 2. The van der Waals surface area contributed by atoms with Gasteiger partial charge in [0.1, 0.15) is 5.82 Å². The van der Waals surface area contributed by atoms with Gasteiger partial charge in [-0.25, -0.2) is 9.78 Å². The van der Waals surface area contributed by atoms with Gasteiger partial charge in [0.25, 0.3) is 0 Å². The highest BCUT2D eigenvalue weighted by Crippen LogP contribution is 2.40. The van der Waals surface area contributed by atoms with Crippen LogP contribution in [0.15, 0.2) is 55.3 Å². The van der Waals surface area contributed by atoms with Crippen molar-refractivity contribution in [3.63, 3.8) is 0 Å². The largest absolute Gasteiger partial charge is 0.391 e. The number of fused-ring (bicyclic) bond motifs is 1. The van der Waals surface area contributed by atoms with Gasteiger partial charge in [0.2, 0.25) is 17.8 Å². The molecule has 0 bridgehead atoms. The van der Waals surface area contributed by atoms with Crippen LogP contribution >= 0.6 is 0 Å². The third-order valence-corrected chi connectivity index (χ3v) is 8.27. The molecule has 5 rings (SSSR count). The smallest absolute Gasteiger partial charge is 0.326 e. The standard InChI is InChI=1S/C32H34F3N7O3/c1-5-27(43)39-25-14-23(12-6-18(25)2)38-30-36-16-21-17-42(31(45)41(4)28(21)40-30)26-15-24(13-7-19(26)3)37-29(44)20-8-10-22(11-9-20)32(33,34)35/h5-7,12-16,20,22H,1,8-11,17H2,2-4H3,(H,37,44)(H,39,43)(H,36,38,40). The summed E-state index contributed by atoms with van der Waals surface area (Å²) in [6, 6.07) is 10.3. The highest BCUT2D eigenvalue weighted by atomic mass is 19.4. The highest BCUT2D eigenvalue weighted by molar-refractivity contribution is 6.06. The summed E-state index contributed by atoms with van der Waals surface area (Å²) in [6.07, 6.45) is -1.19. The van der Waals surface area contributed by atoms with Crippen molar-refractivity contribution in [1.29, 1.82) is 0 Å². The average molecular weight is 622 g/mol. The Labute approximate surface area is 258 Å². The third kappa shape index (κ3) is 6.92. The van der Waals surface area contributed by atoms with Gasteiger partial charge in [-0.15, -0.1) is 0 Å². The Morgan fingerprint density at radius 3 is 2.38 bits per heavy atom. The maximum Gasteiger partial charge on any atom is 0.391 e. The summed E-state index contributed by atoms with van der Waals surface area (Å²) in [5, 5.41) is 8.71. The van der Waals surface area contributed by atoms with Crippen LogP contribution in [0.25, 0.3) is 0 Å². The Hall–Kier alpha value is -4.94. The molecule has 0 saturated heterocycles. The van der Waals surface area contributed by atoms with Crippen LogP contribution in [0, 0.1) is 25.7 Å². The van der Waals surface area contributed by atoms with E-state index >= 15 is 0 Å². The fourth-order valence-corrected chi connectivity index (χ4v) is 5.61. The molecule has 1 aliphatic heterocycles. The molecule has 1 saturated carbocycles. The third-order valence-electron chi connectivity index (χ3n) is 8.27. The summed E-state index contributed by atoms with van der Waals surface area (Å²) < 4.78 is 39.1. The van der Waals surface area contributed by atoms with Gasteiger partial charge in [0, 0.05) is 41.8 Å². The Kier molecular flexibility index (Phi) is 8.80. The van der Waals surface area contributed by atoms with Gasteiger partial charge in [-0.3, -0.25) is 19.4 Å². The molecule has 2 aliphatic rings. The molecule has 4 amide bonds. The minimum atomic E-state index is -4.24. The number of anilines is 6. The number of nitrogens with zero attached hydrogens (tertiary/aromatic N) is 4. The second-order valence-corrected chi connectivity index (χ2v) is 11.4. The number of amides is 4. The Bertz CT molecular complexity index is 1650. The molecule has 3 aromatic rings. The van der Waals surface area contributed by atoms with E-state index < -0.39 is 18.0 Å². The number of alkyl halides is 3. The van der Waals surface area contributed by atoms with E-state index in [4.69, 9.17) is 0 Å². The van der Waals surface area contributed by atoms with E-state index in [2.05, 4.69) is 32.5 Å². The summed E-state index contributed by atoms with van der Waals surface area (Å²) in [6.45, 7) is 7.36. The normalized spacial score (nSPS) is 18.2. The predicted molar refractivity (Wildman–Crippen MR) is 167 cm³/mol. The van der Waals surface area contributed by atoms with Crippen molar-refractivity contribution in [2.45, 2.75) is 52.3 Å². The minimum absolute atomic E-state index is 0.0614. The van der Waals surface area contributed by atoms with Crippen LogP contribution in [0.1, 0.15) is 42.4 Å². The van der Waals surface area contributed by atoms with Crippen molar-refractivity contribution >= 4 is 52.4 Å². The first-order chi connectivity index (χ1) is 21.3. The zero-order valence-electron chi connectivity index (χ0n) is 25.2.